The highest BCUT2D eigenvalue weighted by Crippen LogP contribution is 2.20. The van der Waals surface area contributed by atoms with Crippen LogP contribution < -0.4 is 10.2 Å². The van der Waals surface area contributed by atoms with Gasteiger partial charge in [0.05, 0.1) is 18.3 Å². The molecular weight excluding hydrogens is 354 g/mol. The first kappa shape index (κ1) is 16.0. The molecule has 0 saturated carbocycles. The van der Waals surface area contributed by atoms with E-state index < -0.39 is 0 Å². The van der Waals surface area contributed by atoms with E-state index >= 15 is 0 Å². The lowest BCUT2D eigenvalue weighted by molar-refractivity contribution is -0.115. The Bertz CT molecular complexity index is 666. The van der Waals surface area contributed by atoms with Crippen LogP contribution >= 0.6 is 15.9 Å². The Balaban J connectivity index is 1.59. The van der Waals surface area contributed by atoms with E-state index in [4.69, 9.17) is 0 Å². The van der Waals surface area contributed by atoms with E-state index in [0.29, 0.717) is 6.42 Å². The molecule has 2 heterocycles. The molecule has 3 rings (SSSR count). The molecule has 0 aliphatic carbocycles. The maximum Gasteiger partial charge on any atom is 0.228 e. The smallest absolute Gasteiger partial charge is 0.228 e. The number of anilines is 2. The number of halogens is 1. The first-order valence-corrected chi connectivity index (χ1v) is 8.76. The summed E-state index contributed by atoms with van der Waals surface area (Å²) in [7, 11) is 0. The van der Waals surface area contributed by atoms with Crippen LogP contribution in [0.15, 0.2) is 47.1 Å². The molecule has 23 heavy (non-hydrogen) atoms. The lowest BCUT2D eigenvalue weighted by atomic mass is 10.1. The van der Waals surface area contributed by atoms with Gasteiger partial charge in [0.25, 0.3) is 0 Å². The van der Waals surface area contributed by atoms with Crippen LogP contribution in [0.5, 0.6) is 0 Å². The van der Waals surface area contributed by atoms with E-state index in [0.717, 1.165) is 34.6 Å². The average Bonchev–Trinajstić information content (AvgIpc) is 2.58. The van der Waals surface area contributed by atoms with Gasteiger partial charge in [-0.2, -0.15) is 0 Å². The van der Waals surface area contributed by atoms with E-state index in [-0.39, 0.29) is 5.91 Å². The van der Waals surface area contributed by atoms with Gasteiger partial charge in [0, 0.05) is 17.6 Å². The van der Waals surface area contributed by atoms with Crippen molar-refractivity contribution in [2.45, 2.75) is 25.7 Å². The molecule has 2 aromatic rings. The van der Waals surface area contributed by atoms with Crippen molar-refractivity contribution in [3.05, 3.63) is 52.6 Å². The van der Waals surface area contributed by atoms with Gasteiger partial charge in [-0.3, -0.25) is 4.79 Å². The molecule has 120 valence electrons. The minimum absolute atomic E-state index is 0.0376. The van der Waals surface area contributed by atoms with E-state index in [2.05, 4.69) is 31.1 Å². The number of carbonyl (C=O) groups excluding carboxylic acids is 1. The number of nitrogens with zero attached hydrogens (tertiary/aromatic N) is 2. The number of benzene rings is 1. The van der Waals surface area contributed by atoms with E-state index in [1.54, 1.807) is 6.20 Å². The summed E-state index contributed by atoms with van der Waals surface area (Å²) >= 11 is 3.47. The molecule has 0 unspecified atom stereocenters. The van der Waals surface area contributed by atoms with E-state index in [1.165, 1.54) is 19.3 Å². The first-order chi connectivity index (χ1) is 11.2. The molecule has 1 saturated heterocycles. The predicted octanol–water partition coefficient (Wildman–Crippen LogP) is 4.02. The van der Waals surface area contributed by atoms with Crippen LogP contribution in [0, 0.1) is 0 Å². The quantitative estimate of drug-likeness (QED) is 0.880. The number of rotatable bonds is 4. The second-order valence-electron chi connectivity index (χ2n) is 5.77. The van der Waals surface area contributed by atoms with Crippen LogP contribution in [0.1, 0.15) is 24.8 Å². The van der Waals surface area contributed by atoms with Gasteiger partial charge in [-0.15, -0.1) is 0 Å². The second-order valence-corrected chi connectivity index (χ2v) is 6.62. The zero-order valence-corrected chi connectivity index (χ0v) is 14.6. The molecule has 5 heteroatoms. The third-order valence-electron chi connectivity index (χ3n) is 4.02. The predicted molar refractivity (Wildman–Crippen MR) is 96.8 cm³/mol. The van der Waals surface area contributed by atoms with Crippen molar-refractivity contribution in [3.63, 3.8) is 0 Å². The van der Waals surface area contributed by atoms with Gasteiger partial charge in [0.15, 0.2) is 0 Å². The Kier molecular flexibility index (Phi) is 5.28. The largest absolute Gasteiger partial charge is 0.357 e. The molecule has 1 amide bonds. The Hall–Kier alpha value is -1.88. The van der Waals surface area contributed by atoms with E-state index in [1.807, 2.05) is 36.4 Å². The van der Waals surface area contributed by atoms with Gasteiger partial charge < -0.3 is 10.2 Å². The molecular formula is C18H20BrN3O. The van der Waals surface area contributed by atoms with Crippen molar-refractivity contribution in [3.8, 4) is 0 Å². The second kappa shape index (κ2) is 7.59. The molecule has 1 N–H and O–H groups in total. The van der Waals surface area contributed by atoms with Crippen molar-refractivity contribution in [1.82, 2.24) is 4.98 Å². The van der Waals surface area contributed by atoms with Crippen molar-refractivity contribution in [2.75, 3.05) is 23.3 Å². The molecule has 0 atom stereocenters. The van der Waals surface area contributed by atoms with Crippen LogP contribution in [0.3, 0.4) is 0 Å². The van der Waals surface area contributed by atoms with Crippen molar-refractivity contribution >= 4 is 33.3 Å². The minimum atomic E-state index is -0.0376. The summed E-state index contributed by atoms with van der Waals surface area (Å²) in [5, 5.41) is 2.91. The monoisotopic (exact) mass is 373 g/mol. The van der Waals surface area contributed by atoms with Crippen molar-refractivity contribution in [1.29, 1.82) is 0 Å². The summed E-state index contributed by atoms with van der Waals surface area (Å²) in [5.74, 6) is 0.956. The Morgan fingerprint density at radius 2 is 1.91 bits per heavy atom. The third-order valence-corrected chi connectivity index (χ3v) is 4.79. The van der Waals surface area contributed by atoms with Crippen LogP contribution in [0.25, 0.3) is 0 Å². The van der Waals surface area contributed by atoms with Crippen LogP contribution in [-0.4, -0.2) is 24.0 Å². The number of hydrogen-bond donors (Lipinski definition) is 1. The highest BCUT2D eigenvalue weighted by molar-refractivity contribution is 9.10. The Morgan fingerprint density at radius 3 is 2.61 bits per heavy atom. The molecule has 0 bridgehead atoms. The normalized spacial score (nSPS) is 14.6. The number of pyridine rings is 1. The Labute approximate surface area is 145 Å². The minimum Gasteiger partial charge on any atom is -0.357 e. The first-order valence-electron chi connectivity index (χ1n) is 7.96. The third kappa shape index (κ3) is 4.32. The highest BCUT2D eigenvalue weighted by atomic mass is 79.9. The van der Waals surface area contributed by atoms with Gasteiger partial charge in [0.2, 0.25) is 5.91 Å². The summed E-state index contributed by atoms with van der Waals surface area (Å²) in [6.07, 6.45) is 5.84. The molecule has 4 nitrogen and oxygen atoms in total. The zero-order chi connectivity index (χ0) is 16.1. The fourth-order valence-electron chi connectivity index (χ4n) is 2.79. The lowest BCUT2D eigenvalue weighted by Gasteiger charge is -2.27. The number of hydrogen-bond acceptors (Lipinski definition) is 3. The van der Waals surface area contributed by atoms with Gasteiger partial charge in [-0.1, -0.05) is 34.1 Å². The lowest BCUT2D eigenvalue weighted by Crippen LogP contribution is -2.30. The molecule has 0 spiro atoms. The fraction of sp³-hybridized carbons (Fsp3) is 0.333. The maximum atomic E-state index is 12.2. The topological polar surface area (TPSA) is 45.2 Å². The number of amides is 1. The summed E-state index contributed by atoms with van der Waals surface area (Å²) < 4.78 is 0.953. The molecule has 1 aliphatic rings. The summed E-state index contributed by atoms with van der Waals surface area (Å²) in [5.41, 5.74) is 1.71. The van der Waals surface area contributed by atoms with Crippen LogP contribution in [-0.2, 0) is 11.2 Å². The van der Waals surface area contributed by atoms with Gasteiger partial charge in [0.1, 0.15) is 5.82 Å². The average molecular weight is 374 g/mol. The molecule has 1 aromatic carbocycles. The number of nitrogens with one attached hydrogen (secondary N) is 1. The van der Waals surface area contributed by atoms with Crippen LogP contribution in [0.4, 0.5) is 11.5 Å². The Morgan fingerprint density at radius 1 is 1.13 bits per heavy atom. The molecule has 1 aromatic heterocycles. The molecule has 1 aliphatic heterocycles. The standard InChI is InChI=1S/C18H20BrN3O/c19-16-7-3-2-6-14(16)12-18(23)21-15-8-9-17(20-13-15)22-10-4-1-5-11-22/h2-3,6-9,13H,1,4-5,10-12H2,(H,21,23). The summed E-state index contributed by atoms with van der Waals surface area (Å²) in [6, 6.07) is 11.7. The van der Waals surface area contributed by atoms with Crippen LogP contribution in [0.2, 0.25) is 0 Å². The van der Waals surface area contributed by atoms with E-state index in [9.17, 15) is 4.79 Å². The number of aromatic nitrogens is 1. The molecule has 1 fully saturated rings. The number of carbonyl (C=O) groups is 1. The summed E-state index contributed by atoms with van der Waals surface area (Å²) in [4.78, 5) is 18.9. The van der Waals surface area contributed by atoms with Gasteiger partial charge >= 0.3 is 0 Å². The molecule has 0 radical (unpaired) electrons. The van der Waals surface area contributed by atoms with Crippen molar-refractivity contribution < 1.29 is 4.79 Å². The van der Waals surface area contributed by atoms with Gasteiger partial charge in [-0.05, 0) is 43.0 Å². The van der Waals surface area contributed by atoms with Crippen molar-refractivity contribution in [2.24, 2.45) is 0 Å². The zero-order valence-electron chi connectivity index (χ0n) is 13.0. The number of piperidine rings is 1. The van der Waals surface area contributed by atoms with Gasteiger partial charge in [-0.25, -0.2) is 4.98 Å². The fourth-order valence-corrected chi connectivity index (χ4v) is 3.21. The SMILES string of the molecule is O=C(Cc1ccccc1Br)Nc1ccc(N2CCCCC2)nc1. The highest BCUT2D eigenvalue weighted by Gasteiger charge is 2.12. The maximum absolute atomic E-state index is 12.2. The summed E-state index contributed by atoms with van der Waals surface area (Å²) in [6.45, 7) is 2.14.